The molecule has 0 amide bonds. The van der Waals surface area contributed by atoms with Crippen molar-refractivity contribution in [2.24, 2.45) is 0 Å². The normalized spacial score (nSPS) is 19.4. The molecule has 11 heteroatoms. The number of nitrogens with zero attached hydrogens (tertiary/aromatic N) is 5. The number of piperazine rings is 1. The molecule has 3 heterocycles. The van der Waals surface area contributed by atoms with Gasteiger partial charge in [-0.05, 0) is 27.8 Å². The molecule has 1 aliphatic heterocycles. The van der Waals surface area contributed by atoms with E-state index in [0.29, 0.717) is 12.4 Å². The molecular weight excluding hydrogens is 373 g/mol. The lowest BCUT2D eigenvalue weighted by Crippen LogP contribution is -2.44. The summed E-state index contributed by atoms with van der Waals surface area (Å²) in [6.07, 6.45) is -3.45. The predicted octanol–water partition coefficient (Wildman–Crippen LogP) is 2.70. The van der Waals surface area contributed by atoms with E-state index >= 15 is 0 Å². The van der Waals surface area contributed by atoms with Crippen LogP contribution in [0.25, 0.3) is 11.5 Å². The molecular formula is C15H22ClF3N6O. The van der Waals surface area contributed by atoms with Gasteiger partial charge < -0.3 is 9.84 Å². The highest BCUT2D eigenvalue weighted by Gasteiger charge is 2.42. The highest BCUT2D eigenvalue weighted by molar-refractivity contribution is 5.85. The first-order chi connectivity index (χ1) is 11.6. The van der Waals surface area contributed by atoms with Crippen LogP contribution in [-0.4, -0.2) is 51.5 Å². The van der Waals surface area contributed by atoms with Gasteiger partial charge in [-0.25, -0.2) is 0 Å². The molecule has 0 radical (unpaired) electrons. The maximum Gasteiger partial charge on any atom is 0.433 e. The van der Waals surface area contributed by atoms with Crippen molar-refractivity contribution in [1.82, 2.24) is 30.1 Å². The third-order valence-electron chi connectivity index (χ3n) is 4.15. The Bertz CT molecular complexity index is 751. The van der Waals surface area contributed by atoms with Crippen molar-refractivity contribution in [2.75, 3.05) is 26.7 Å². The van der Waals surface area contributed by atoms with Gasteiger partial charge in [0, 0.05) is 19.6 Å². The minimum Gasteiger partial charge on any atom is -0.334 e. The Morgan fingerprint density at radius 2 is 1.96 bits per heavy atom. The zero-order valence-corrected chi connectivity index (χ0v) is 15.8. The zero-order valence-electron chi connectivity index (χ0n) is 15.0. The van der Waals surface area contributed by atoms with Crippen molar-refractivity contribution < 1.29 is 17.7 Å². The highest BCUT2D eigenvalue weighted by atomic mass is 35.5. The fourth-order valence-electron chi connectivity index (χ4n) is 2.86. The molecule has 0 spiro atoms. The molecule has 1 N–H and O–H groups in total. The van der Waals surface area contributed by atoms with Crippen molar-refractivity contribution in [3.63, 3.8) is 0 Å². The van der Waals surface area contributed by atoms with Gasteiger partial charge in [0.25, 0.3) is 5.89 Å². The van der Waals surface area contributed by atoms with E-state index in [0.717, 1.165) is 24.0 Å². The fourth-order valence-corrected chi connectivity index (χ4v) is 2.86. The maximum absolute atomic E-state index is 13.6. The molecule has 1 saturated heterocycles. The Balaban J connectivity index is 0.00000243. The number of nitrogens with one attached hydrogen (secondary N) is 1. The second kappa shape index (κ2) is 7.16. The number of hydrogen-bond donors (Lipinski definition) is 1. The van der Waals surface area contributed by atoms with Crippen LogP contribution in [0.15, 0.2) is 10.7 Å². The van der Waals surface area contributed by atoms with Crippen LogP contribution in [0.2, 0.25) is 0 Å². The standard InChI is InChI=1S/C15H21F3N6O.ClH/c1-14(2,3)24-11(15(16,17)18)9(7-20-24)13-21-12(22-25-13)10-8-19-5-6-23(10)4;/h7,10,19H,5-6,8H2,1-4H3;1H. The number of likely N-dealkylation sites (N-methyl/N-ethyl adjacent to an activating group) is 1. The monoisotopic (exact) mass is 394 g/mol. The first-order valence-corrected chi connectivity index (χ1v) is 7.99. The van der Waals surface area contributed by atoms with Crippen LogP contribution >= 0.6 is 12.4 Å². The third-order valence-corrected chi connectivity index (χ3v) is 4.15. The second-order valence-electron chi connectivity index (χ2n) is 7.15. The van der Waals surface area contributed by atoms with E-state index in [1.165, 1.54) is 0 Å². The summed E-state index contributed by atoms with van der Waals surface area (Å²) in [6.45, 7) is 7.21. The summed E-state index contributed by atoms with van der Waals surface area (Å²) < 4.78 is 46.9. The van der Waals surface area contributed by atoms with Gasteiger partial charge >= 0.3 is 6.18 Å². The number of alkyl halides is 3. The Labute approximate surface area is 155 Å². The van der Waals surface area contributed by atoms with Gasteiger partial charge in [0.05, 0.1) is 23.3 Å². The highest BCUT2D eigenvalue weighted by Crippen LogP contribution is 2.39. The topological polar surface area (TPSA) is 72.0 Å². The largest absolute Gasteiger partial charge is 0.433 e. The molecule has 1 atom stereocenters. The van der Waals surface area contributed by atoms with Crippen molar-refractivity contribution in [3.8, 4) is 11.5 Å². The molecule has 146 valence electrons. The lowest BCUT2D eigenvalue weighted by atomic mass is 10.1. The average molecular weight is 395 g/mol. The summed E-state index contributed by atoms with van der Waals surface area (Å²) >= 11 is 0. The Hall–Kier alpha value is -1.65. The predicted molar refractivity (Wildman–Crippen MR) is 91.0 cm³/mol. The molecule has 0 bridgehead atoms. The first-order valence-electron chi connectivity index (χ1n) is 7.99. The van der Waals surface area contributed by atoms with Crippen LogP contribution in [0.5, 0.6) is 0 Å². The summed E-state index contributed by atoms with van der Waals surface area (Å²) in [4.78, 5) is 6.25. The Morgan fingerprint density at radius 1 is 1.27 bits per heavy atom. The van der Waals surface area contributed by atoms with E-state index in [4.69, 9.17) is 4.52 Å². The van der Waals surface area contributed by atoms with Gasteiger partial charge in [0.1, 0.15) is 0 Å². The lowest BCUT2D eigenvalue weighted by molar-refractivity contribution is -0.145. The summed E-state index contributed by atoms with van der Waals surface area (Å²) in [5.74, 6) is 0.193. The fraction of sp³-hybridized carbons (Fsp3) is 0.667. The Morgan fingerprint density at radius 3 is 2.54 bits per heavy atom. The molecule has 1 fully saturated rings. The van der Waals surface area contributed by atoms with Crippen molar-refractivity contribution in [2.45, 2.75) is 38.5 Å². The second-order valence-corrected chi connectivity index (χ2v) is 7.15. The zero-order chi connectivity index (χ0) is 18.4. The quantitative estimate of drug-likeness (QED) is 0.844. The molecule has 2 aromatic heterocycles. The van der Waals surface area contributed by atoms with Gasteiger partial charge in [-0.1, -0.05) is 5.16 Å². The number of halogens is 4. The molecule has 2 aromatic rings. The van der Waals surface area contributed by atoms with Gasteiger partial charge in [-0.15, -0.1) is 12.4 Å². The van der Waals surface area contributed by atoms with Crippen molar-refractivity contribution in [3.05, 3.63) is 17.7 Å². The van der Waals surface area contributed by atoms with Gasteiger partial charge in [-0.3, -0.25) is 9.58 Å². The average Bonchev–Trinajstić information content (AvgIpc) is 3.13. The van der Waals surface area contributed by atoms with Crippen LogP contribution in [0.1, 0.15) is 38.3 Å². The number of rotatable bonds is 2. The maximum atomic E-state index is 13.6. The van der Waals surface area contributed by atoms with Crippen LogP contribution < -0.4 is 5.32 Å². The summed E-state index contributed by atoms with van der Waals surface area (Å²) in [6, 6.07) is -0.141. The van der Waals surface area contributed by atoms with E-state index in [1.807, 2.05) is 11.9 Å². The van der Waals surface area contributed by atoms with Crippen LogP contribution in [0, 0.1) is 0 Å². The molecule has 0 aromatic carbocycles. The molecule has 1 aliphatic rings. The number of hydrogen-bond acceptors (Lipinski definition) is 6. The molecule has 0 aliphatic carbocycles. The lowest BCUT2D eigenvalue weighted by Gasteiger charge is -2.30. The minimum absolute atomic E-state index is 0. The van der Waals surface area contributed by atoms with Crippen LogP contribution in [0.3, 0.4) is 0 Å². The number of aromatic nitrogens is 4. The van der Waals surface area contributed by atoms with E-state index in [2.05, 4.69) is 20.6 Å². The molecule has 0 saturated carbocycles. The van der Waals surface area contributed by atoms with E-state index in [9.17, 15) is 13.2 Å². The summed E-state index contributed by atoms with van der Waals surface area (Å²) in [5.41, 5.74) is -1.92. The van der Waals surface area contributed by atoms with Crippen molar-refractivity contribution in [1.29, 1.82) is 0 Å². The van der Waals surface area contributed by atoms with Crippen molar-refractivity contribution >= 4 is 12.4 Å². The summed E-state index contributed by atoms with van der Waals surface area (Å²) in [7, 11) is 1.92. The first kappa shape index (κ1) is 20.7. The molecule has 7 nitrogen and oxygen atoms in total. The molecule has 26 heavy (non-hydrogen) atoms. The van der Waals surface area contributed by atoms with Gasteiger partial charge in [0.15, 0.2) is 11.5 Å². The minimum atomic E-state index is -4.59. The smallest absolute Gasteiger partial charge is 0.334 e. The molecule has 1 unspecified atom stereocenters. The van der Waals surface area contributed by atoms with Crippen LogP contribution in [-0.2, 0) is 11.7 Å². The van der Waals surface area contributed by atoms with Gasteiger partial charge in [0.2, 0.25) is 0 Å². The van der Waals surface area contributed by atoms with Crippen LogP contribution in [0.4, 0.5) is 13.2 Å². The SMILES string of the molecule is CN1CCNCC1c1noc(-c2cnn(C(C)(C)C)c2C(F)(F)F)n1.Cl. The third kappa shape index (κ3) is 3.86. The van der Waals surface area contributed by atoms with Gasteiger partial charge in [-0.2, -0.15) is 23.3 Å². The van der Waals surface area contributed by atoms with E-state index < -0.39 is 17.4 Å². The molecule has 3 rings (SSSR count). The summed E-state index contributed by atoms with van der Waals surface area (Å²) in [5, 5.41) is 11.0. The van der Waals surface area contributed by atoms with E-state index in [1.54, 1.807) is 20.8 Å². The Kier molecular flexibility index (Phi) is 5.69. The van der Waals surface area contributed by atoms with E-state index in [-0.39, 0.29) is 29.9 Å².